The summed E-state index contributed by atoms with van der Waals surface area (Å²) in [6.45, 7) is 3.76. The Morgan fingerprint density at radius 3 is 2.68 bits per heavy atom. The molecule has 0 spiro atoms. The highest BCUT2D eigenvalue weighted by atomic mass is 35.5. The number of carbonyl (C=O) groups excluding carboxylic acids is 1. The number of hydrogen-bond acceptors (Lipinski definition) is 4. The van der Waals surface area contributed by atoms with Gasteiger partial charge in [-0.05, 0) is 49.5 Å². The summed E-state index contributed by atoms with van der Waals surface area (Å²) in [6.07, 6.45) is 0.361. The van der Waals surface area contributed by atoms with Gasteiger partial charge in [0.2, 0.25) is 5.91 Å². The number of rotatable bonds is 7. The van der Waals surface area contributed by atoms with E-state index in [2.05, 4.69) is 11.0 Å². The molecule has 1 amide bonds. The van der Waals surface area contributed by atoms with Gasteiger partial charge >= 0.3 is 0 Å². The zero-order valence-corrected chi connectivity index (χ0v) is 17.2. The highest BCUT2D eigenvalue weighted by molar-refractivity contribution is 6.30. The minimum absolute atomic E-state index is 0.0893. The van der Waals surface area contributed by atoms with Gasteiger partial charge < -0.3 is 19.3 Å². The predicted molar refractivity (Wildman–Crippen MR) is 111 cm³/mol. The van der Waals surface area contributed by atoms with Crippen LogP contribution >= 0.6 is 11.6 Å². The molecule has 6 heteroatoms. The van der Waals surface area contributed by atoms with Gasteiger partial charge in [0.1, 0.15) is 12.4 Å². The molecule has 0 saturated heterocycles. The average Bonchev–Trinajstić information content (AvgIpc) is 2.89. The minimum Gasteiger partial charge on any atom is -0.491 e. The quantitative estimate of drug-likeness (QED) is 0.666. The van der Waals surface area contributed by atoms with E-state index in [1.54, 1.807) is 0 Å². The number of benzene rings is 2. The molecule has 0 bridgehead atoms. The van der Waals surface area contributed by atoms with Gasteiger partial charge in [-0.3, -0.25) is 4.79 Å². The van der Waals surface area contributed by atoms with Crippen LogP contribution < -0.4 is 4.74 Å². The summed E-state index contributed by atoms with van der Waals surface area (Å²) in [5.41, 5.74) is 3.08. The maximum atomic E-state index is 12.8. The summed E-state index contributed by atoms with van der Waals surface area (Å²) in [6, 6.07) is 13.5. The first-order chi connectivity index (χ1) is 13.5. The largest absolute Gasteiger partial charge is 0.491 e. The van der Waals surface area contributed by atoms with Crippen molar-refractivity contribution in [1.82, 2.24) is 9.80 Å². The lowest BCUT2D eigenvalue weighted by atomic mass is 10.1. The third kappa shape index (κ3) is 5.96. The van der Waals surface area contributed by atoms with Crippen molar-refractivity contribution < 1.29 is 14.3 Å². The molecular weight excluding hydrogens is 376 g/mol. The molecule has 0 radical (unpaired) electrons. The molecule has 2 aromatic carbocycles. The van der Waals surface area contributed by atoms with Crippen molar-refractivity contribution in [3.05, 3.63) is 64.2 Å². The lowest BCUT2D eigenvalue weighted by Crippen LogP contribution is -2.33. The van der Waals surface area contributed by atoms with Crippen LogP contribution in [0.2, 0.25) is 5.02 Å². The zero-order valence-electron chi connectivity index (χ0n) is 16.5. The number of carbonyl (C=O) groups is 1. The van der Waals surface area contributed by atoms with E-state index in [-0.39, 0.29) is 5.91 Å². The van der Waals surface area contributed by atoms with Crippen LogP contribution in [0.25, 0.3) is 0 Å². The molecule has 150 valence electrons. The Kier molecular flexibility index (Phi) is 7.31. The predicted octanol–water partition coefficient (Wildman–Crippen LogP) is 3.38. The summed E-state index contributed by atoms with van der Waals surface area (Å²) >= 11 is 5.93. The fourth-order valence-electron chi connectivity index (χ4n) is 3.08. The van der Waals surface area contributed by atoms with Crippen molar-refractivity contribution in [3.8, 4) is 5.75 Å². The lowest BCUT2D eigenvalue weighted by molar-refractivity contribution is -0.131. The molecule has 0 saturated carbocycles. The molecule has 1 heterocycles. The number of amides is 1. The first-order valence-electron chi connectivity index (χ1n) is 9.50. The molecule has 0 fully saturated rings. The summed E-state index contributed by atoms with van der Waals surface area (Å²) in [5.74, 6) is 0.935. The zero-order chi connectivity index (χ0) is 19.9. The molecule has 5 nitrogen and oxygen atoms in total. The maximum Gasteiger partial charge on any atom is 0.227 e. The van der Waals surface area contributed by atoms with Crippen LogP contribution in [-0.4, -0.2) is 56.1 Å². The van der Waals surface area contributed by atoms with Crippen molar-refractivity contribution in [1.29, 1.82) is 0 Å². The summed E-state index contributed by atoms with van der Waals surface area (Å²) in [7, 11) is 4.05. The number of nitrogens with zero attached hydrogens (tertiary/aromatic N) is 2. The van der Waals surface area contributed by atoms with Crippen LogP contribution in [0.5, 0.6) is 5.75 Å². The Bertz CT molecular complexity index is 793. The van der Waals surface area contributed by atoms with Gasteiger partial charge in [0.05, 0.1) is 26.2 Å². The van der Waals surface area contributed by atoms with E-state index in [1.807, 2.05) is 55.4 Å². The molecule has 0 atom stereocenters. The highest BCUT2D eigenvalue weighted by Gasteiger charge is 2.20. The van der Waals surface area contributed by atoms with Crippen LogP contribution in [0.1, 0.15) is 16.7 Å². The lowest BCUT2D eigenvalue weighted by Gasteiger charge is -2.20. The van der Waals surface area contributed by atoms with Crippen molar-refractivity contribution in [3.63, 3.8) is 0 Å². The van der Waals surface area contributed by atoms with Gasteiger partial charge in [-0.1, -0.05) is 29.8 Å². The van der Waals surface area contributed by atoms with Gasteiger partial charge in [0, 0.05) is 23.7 Å². The normalized spacial score (nSPS) is 13.8. The maximum absolute atomic E-state index is 12.8. The number of likely N-dealkylation sites (N-methyl/N-ethyl adjacent to an activating group) is 1. The van der Waals surface area contributed by atoms with Crippen molar-refractivity contribution in [2.75, 3.05) is 40.4 Å². The molecule has 3 rings (SSSR count). The standard InChI is InChI=1S/C22H27ClN2O3/c1-24(2)9-11-27-16-18-5-8-21-19(13-18)15-25(10-12-28-21)22(26)14-17-3-6-20(23)7-4-17/h3-8,13H,9-12,14-16H2,1-2H3. The van der Waals surface area contributed by atoms with E-state index < -0.39 is 0 Å². The molecular formula is C22H27ClN2O3. The second kappa shape index (κ2) is 9.92. The van der Waals surface area contributed by atoms with E-state index in [1.165, 1.54) is 0 Å². The van der Waals surface area contributed by atoms with E-state index in [0.717, 1.165) is 29.0 Å². The molecule has 2 aromatic rings. The van der Waals surface area contributed by atoms with Crippen molar-refractivity contribution in [2.45, 2.75) is 19.6 Å². The highest BCUT2D eigenvalue weighted by Crippen LogP contribution is 2.25. The number of ether oxygens (including phenoxy) is 2. The fourth-order valence-corrected chi connectivity index (χ4v) is 3.20. The Balaban J connectivity index is 1.62. The molecule has 0 aliphatic carbocycles. The van der Waals surface area contributed by atoms with Gasteiger partial charge in [-0.15, -0.1) is 0 Å². The molecule has 0 unspecified atom stereocenters. The monoisotopic (exact) mass is 402 g/mol. The number of fused-ring (bicyclic) bond motifs is 1. The second-order valence-electron chi connectivity index (χ2n) is 7.26. The van der Waals surface area contributed by atoms with E-state index in [0.29, 0.717) is 44.4 Å². The van der Waals surface area contributed by atoms with Crippen LogP contribution in [-0.2, 0) is 29.1 Å². The van der Waals surface area contributed by atoms with Crippen LogP contribution in [0.3, 0.4) is 0 Å². The Hall–Kier alpha value is -2.08. The van der Waals surface area contributed by atoms with Gasteiger partial charge in [-0.2, -0.15) is 0 Å². The SMILES string of the molecule is CN(C)CCOCc1ccc2c(c1)CN(C(=O)Cc1ccc(Cl)cc1)CCO2. The molecule has 1 aliphatic rings. The van der Waals surface area contributed by atoms with Gasteiger partial charge in [-0.25, -0.2) is 0 Å². The Labute approximate surface area is 171 Å². The van der Waals surface area contributed by atoms with Crippen molar-refractivity contribution in [2.24, 2.45) is 0 Å². The third-order valence-electron chi connectivity index (χ3n) is 4.68. The van der Waals surface area contributed by atoms with Crippen LogP contribution in [0, 0.1) is 0 Å². The average molecular weight is 403 g/mol. The van der Waals surface area contributed by atoms with E-state index in [9.17, 15) is 4.79 Å². The number of hydrogen-bond donors (Lipinski definition) is 0. The minimum atomic E-state index is 0.0893. The summed E-state index contributed by atoms with van der Waals surface area (Å²) in [4.78, 5) is 16.7. The first-order valence-corrected chi connectivity index (χ1v) is 9.88. The van der Waals surface area contributed by atoms with Crippen LogP contribution in [0.15, 0.2) is 42.5 Å². The summed E-state index contributed by atoms with van der Waals surface area (Å²) < 4.78 is 11.6. The Morgan fingerprint density at radius 2 is 1.93 bits per heavy atom. The third-order valence-corrected chi connectivity index (χ3v) is 4.93. The topological polar surface area (TPSA) is 42.0 Å². The number of halogens is 1. The van der Waals surface area contributed by atoms with E-state index >= 15 is 0 Å². The first kappa shape index (κ1) is 20.6. The smallest absolute Gasteiger partial charge is 0.227 e. The molecule has 28 heavy (non-hydrogen) atoms. The van der Waals surface area contributed by atoms with Gasteiger partial charge in [0.15, 0.2) is 0 Å². The molecule has 0 aromatic heterocycles. The van der Waals surface area contributed by atoms with Gasteiger partial charge in [0.25, 0.3) is 0 Å². The molecule has 1 aliphatic heterocycles. The summed E-state index contributed by atoms with van der Waals surface area (Å²) in [5, 5.41) is 0.675. The van der Waals surface area contributed by atoms with E-state index in [4.69, 9.17) is 21.1 Å². The van der Waals surface area contributed by atoms with Crippen molar-refractivity contribution >= 4 is 17.5 Å². The second-order valence-corrected chi connectivity index (χ2v) is 7.70. The molecule has 0 N–H and O–H groups in total. The fraction of sp³-hybridized carbons (Fsp3) is 0.409. The Morgan fingerprint density at radius 1 is 1.18 bits per heavy atom. The van der Waals surface area contributed by atoms with Crippen LogP contribution in [0.4, 0.5) is 0 Å².